The molecule has 2 aromatic heterocycles. The first-order valence-electron chi connectivity index (χ1n) is 25.6. The van der Waals surface area contributed by atoms with Gasteiger partial charge in [0.25, 0.3) is 5.91 Å². The lowest BCUT2D eigenvalue weighted by molar-refractivity contribution is -0.144. The maximum absolute atomic E-state index is 14.0. The van der Waals surface area contributed by atoms with Crippen molar-refractivity contribution in [2.75, 3.05) is 23.7 Å². The molecule has 2 fully saturated rings. The molecule has 6 N–H and O–H groups in total. The highest BCUT2D eigenvalue weighted by Gasteiger charge is 2.44. The van der Waals surface area contributed by atoms with Crippen LogP contribution in [-0.4, -0.2) is 96.7 Å². The van der Waals surface area contributed by atoms with E-state index in [-0.39, 0.29) is 49.0 Å². The number of β-amino-alcohol motifs (C(OH)–C–C–N with tert-alkyl or cyclic N) is 1. The molecule has 0 unspecified atom stereocenters. The first kappa shape index (κ1) is 52.8. The molecule has 4 heterocycles. The number of nitrogens with zero attached hydrogens (tertiary/aromatic N) is 4. The summed E-state index contributed by atoms with van der Waals surface area (Å²) in [6.07, 6.45) is 11.2. The quantitative estimate of drug-likeness (QED) is 0.0345. The summed E-state index contributed by atoms with van der Waals surface area (Å²) in [5, 5.41) is 22.4. The smallest absolute Gasteiger partial charge is 0.255 e. The van der Waals surface area contributed by atoms with Gasteiger partial charge in [-0.2, -0.15) is 0 Å². The van der Waals surface area contributed by atoms with Gasteiger partial charge in [-0.25, -0.2) is 9.97 Å². The predicted octanol–water partition coefficient (Wildman–Crippen LogP) is 9.27. The van der Waals surface area contributed by atoms with Gasteiger partial charge in [0.05, 0.1) is 39.8 Å². The number of thiazole rings is 1. The average molecular weight is 988 g/mol. The molecule has 5 amide bonds. The van der Waals surface area contributed by atoms with Crippen molar-refractivity contribution in [3.05, 3.63) is 94.9 Å². The molecule has 16 heteroatoms. The van der Waals surface area contributed by atoms with Crippen molar-refractivity contribution in [2.45, 2.75) is 162 Å². The van der Waals surface area contributed by atoms with Crippen LogP contribution in [0.1, 0.15) is 145 Å². The third-order valence-corrected chi connectivity index (χ3v) is 14.8. The van der Waals surface area contributed by atoms with Gasteiger partial charge >= 0.3 is 0 Å². The fraction of sp³-hybridized carbons (Fsp3) is 0.509. The van der Waals surface area contributed by atoms with Crippen molar-refractivity contribution in [1.82, 2.24) is 35.4 Å². The maximum atomic E-state index is 14.0. The highest BCUT2D eigenvalue weighted by Crippen LogP contribution is 2.29. The maximum Gasteiger partial charge on any atom is 0.255 e. The highest BCUT2D eigenvalue weighted by molar-refractivity contribution is 7.13. The molecule has 71 heavy (non-hydrogen) atoms. The number of carbonyl (C=O) groups is 5. The molecule has 0 aliphatic carbocycles. The van der Waals surface area contributed by atoms with Gasteiger partial charge in [-0.3, -0.25) is 28.9 Å². The van der Waals surface area contributed by atoms with Gasteiger partial charge in [-0.1, -0.05) is 90.0 Å². The number of benzene rings is 3. The second kappa shape index (κ2) is 24.9. The first-order chi connectivity index (χ1) is 34.1. The molecule has 2 saturated heterocycles. The van der Waals surface area contributed by atoms with Crippen LogP contribution in [0.4, 0.5) is 11.4 Å². The number of aromatic amines is 1. The Labute approximate surface area is 422 Å². The zero-order valence-electron chi connectivity index (χ0n) is 42.2. The van der Waals surface area contributed by atoms with Crippen LogP contribution in [0.15, 0.2) is 72.2 Å². The lowest BCUT2D eigenvalue weighted by Gasteiger charge is -2.35. The van der Waals surface area contributed by atoms with E-state index in [2.05, 4.69) is 43.1 Å². The SMILES string of the molecule is Cc1ncsc1-c1ccc(CNC(=O)[C@@H]2C[C@@H](O)CN2C(=O)[C@@H](NC(=O)CCCCCCCCCCCC(=O)Nc2ccc(C(=O)Nc3ccc4nc(CN5CCC[C@@H]5C)[nH]c4c3)cc2)C(C)(C)C)cc1. The zero-order chi connectivity index (χ0) is 50.5. The largest absolute Gasteiger partial charge is 0.391 e. The number of aliphatic hydroxyl groups excluding tert-OH is 1. The van der Waals surface area contributed by atoms with Crippen LogP contribution in [0.25, 0.3) is 21.5 Å². The lowest BCUT2D eigenvalue weighted by atomic mass is 9.85. The Morgan fingerprint density at radius 3 is 2.14 bits per heavy atom. The molecule has 4 atom stereocenters. The number of likely N-dealkylation sites (tertiary alicyclic amines) is 2. The Kier molecular flexibility index (Phi) is 18.5. The Balaban J connectivity index is 0.728. The molecular weight excluding hydrogens is 915 g/mol. The number of hydrogen-bond donors (Lipinski definition) is 6. The average Bonchev–Trinajstić information content (AvgIpc) is 4.16. The molecule has 0 bridgehead atoms. The van der Waals surface area contributed by atoms with E-state index in [1.807, 2.05) is 75.7 Å². The normalized spacial score (nSPS) is 17.6. The van der Waals surface area contributed by atoms with Crippen molar-refractivity contribution in [1.29, 1.82) is 0 Å². The van der Waals surface area contributed by atoms with E-state index in [9.17, 15) is 29.1 Å². The molecule has 3 aromatic carbocycles. The zero-order valence-corrected chi connectivity index (χ0v) is 43.0. The van der Waals surface area contributed by atoms with Crippen molar-refractivity contribution in [2.24, 2.45) is 5.41 Å². The summed E-state index contributed by atoms with van der Waals surface area (Å²) in [6, 6.07) is 19.4. The summed E-state index contributed by atoms with van der Waals surface area (Å²) in [6.45, 7) is 12.1. The topological polar surface area (TPSA) is 202 Å². The number of rotatable bonds is 23. The molecule has 0 spiro atoms. The number of imidazole rings is 1. The van der Waals surface area contributed by atoms with Crippen LogP contribution in [0.2, 0.25) is 0 Å². The van der Waals surface area contributed by atoms with Crippen molar-refractivity contribution in [3.8, 4) is 10.4 Å². The standard InChI is InChI=1S/C55H73N9O6S/c1-36-16-15-29-63(36)34-47-60-44-28-27-42(30-45(44)61-47)59-52(68)40-23-25-41(26-24-40)58-48(66)17-13-11-9-7-6-8-10-12-14-18-49(67)62-51(55(3,4)5)54(70)64-33-43(65)31-46(64)53(69)56-32-38-19-21-39(22-20-38)50-37(2)57-35-71-50/h19-28,30,35-36,43,46,51,65H,6-18,29,31-34H2,1-5H3,(H,56,69)(H,58,66)(H,59,68)(H,60,61)(H,62,67)/t36-,43+,46-,51+/m0/s1. The minimum atomic E-state index is -0.852. The molecule has 380 valence electrons. The van der Waals surface area contributed by atoms with Crippen molar-refractivity contribution < 1.29 is 29.1 Å². The highest BCUT2D eigenvalue weighted by atomic mass is 32.1. The van der Waals surface area contributed by atoms with E-state index in [1.165, 1.54) is 17.7 Å². The van der Waals surface area contributed by atoms with E-state index in [0.29, 0.717) is 42.2 Å². The van der Waals surface area contributed by atoms with Crippen LogP contribution in [0.5, 0.6) is 0 Å². The van der Waals surface area contributed by atoms with Gasteiger partial charge in [-0.05, 0) is 105 Å². The minimum absolute atomic E-state index is 0.0309. The number of carbonyl (C=O) groups excluding carboxylic acids is 5. The summed E-state index contributed by atoms with van der Waals surface area (Å²) < 4.78 is 0. The Hall–Kier alpha value is -5.97. The van der Waals surface area contributed by atoms with Crippen molar-refractivity contribution >= 4 is 63.3 Å². The van der Waals surface area contributed by atoms with Gasteiger partial charge < -0.3 is 36.3 Å². The molecule has 7 rings (SSSR count). The fourth-order valence-corrected chi connectivity index (χ4v) is 10.4. The van der Waals surface area contributed by atoms with E-state index < -0.39 is 23.6 Å². The first-order valence-corrected chi connectivity index (χ1v) is 26.5. The number of fused-ring (bicyclic) bond motifs is 1. The molecule has 2 aliphatic heterocycles. The third-order valence-electron chi connectivity index (χ3n) is 13.8. The van der Waals surface area contributed by atoms with Gasteiger partial charge in [0.1, 0.15) is 17.9 Å². The van der Waals surface area contributed by atoms with E-state index >= 15 is 0 Å². The number of anilines is 2. The summed E-state index contributed by atoms with van der Waals surface area (Å²) in [4.78, 5) is 83.7. The Morgan fingerprint density at radius 2 is 1.51 bits per heavy atom. The van der Waals surface area contributed by atoms with Crippen LogP contribution in [0.3, 0.4) is 0 Å². The van der Waals surface area contributed by atoms with E-state index in [4.69, 9.17) is 4.98 Å². The second-order valence-electron chi connectivity index (χ2n) is 20.6. The summed E-state index contributed by atoms with van der Waals surface area (Å²) >= 11 is 1.58. The number of nitrogens with one attached hydrogen (secondary N) is 5. The van der Waals surface area contributed by atoms with E-state index in [0.717, 1.165) is 103 Å². The Bertz CT molecular complexity index is 2590. The molecule has 5 aromatic rings. The van der Waals surface area contributed by atoms with Gasteiger partial charge in [0.15, 0.2) is 0 Å². The molecule has 0 radical (unpaired) electrons. The molecule has 2 aliphatic rings. The second-order valence-corrected chi connectivity index (χ2v) is 21.4. The molecule has 15 nitrogen and oxygen atoms in total. The van der Waals surface area contributed by atoms with Crippen LogP contribution < -0.4 is 21.3 Å². The van der Waals surface area contributed by atoms with Crippen LogP contribution >= 0.6 is 11.3 Å². The molecule has 0 saturated carbocycles. The van der Waals surface area contributed by atoms with Crippen LogP contribution in [0, 0.1) is 12.3 Å². The van der Waals surface area contributed by atoms with Crippen LogP contribution in [-0.2, 0) is 32.3 Å². The number of aliphatic hydroxyl groups is 1. The van der Waals surface area contributed by atoms with E-state index in [1.54, 1.807) is 35.6 Å². The number of unbranched alkanes of at least 4 members (excludes halogenated alkanes) is 8. The van der Waals surface area contributed by atoms with Crippen molar-refractivity contribution in [3.63, 3.8) is 0 Å². The van der Waals surface area contributed by atoms with Gasteiger partial charge in [0.2, 0.25) is 23.6 Å². The summed E-state index contributed by atoms with van der Waals surface area (Å²) in [5.41, 5.74) is 7.75. The number of aromatic nitrogens is 3. The number of H-pyrrole nitrogens is 1. The van der Waals surface area contributed by atoms with Gasteiger partial charge in [-0.15, -0.1) is 11.3 Å². The lowest BCUT2D eigenvalue weighted by Crippen LogP contribution is -2.57. The molecular formula is C55H73N9O6S. The monoisotopic (exact) mass is 988 g/mol. The Morgan fingerprint density at radius 1 is 0.845 bits per heavy atom. The summed E-state index contributed by atoms with van der Waals surface area (Å²) in [7, 11) is 0. The number of hydrogen-bond acceptors (Lipinski definition) is 10. The fourth-order valence-electron chi connectivity index (χ4n) is 9.59. The van der Waals surface area contributed by atoms with Gasteiger partial charge in [0, 0.05) is 55.3 Å². The summed E-state index contributed by atoms with van der Waals surface area (Å²) in [5.74, 6) is -0.242. The number of aryl methyl sites for hydroxylation is 1. The predicted molar refractivity (Wildman–Crippen MR) is 281 cm³/mol. The third kappa shape index (κ3) is 15.0. The minimum Gasteiger partial charge on any atom is -0.391 e. The number of amides is 5.